The number of amides is 1. The molecule has 0 unspecified atom stereocenters. The van der Waals surface area contributed by atoms with Crippen LogP contribution in [0.25, 0.3) is 5.69 Å². The fourth-order valence-corrected chi connectivity index (χ4v) is 2.49. The predicted octanol–water partition coefficient (Wildman–Crippen LogP) is 3.58. The third-order valence-corrected chi connectivity index (χ3v) is 3.59. The van der Waals surface area contributed by atoms with Crippen molar-refractivity contribution in [3.63, 3.8) is 0 Å². The molecule has 0 saturated heterocycles. The molecule has 1 heterocycles. The van der Waals surface area contributed by atoms with Crippen molar-refractivity contribution >= 4 is 5.91 Å². The van der Waals surface area contributed by atoms with E-state index in [0.717, 1.165) is 37.3 Å². The Morgan fingerprint density at radius 1 is 1.18 bits per heavy atom. The topological polar surface area (TPSA) is 38.1 Å². The lowest BCUT2D eigenvalue weighted by Gasteiger charge is -2.21. The summed E-state index contributed by atoms with van der Waals surface area (Å²) in [5, 5.41) is 4.29. The number of carbonyl (C=O) groups is 1. The van der Waals surface area contributed by atoms with Crippen LogP contribution < -0.4 is 0 Å². The van der Waals surface area contributed by atoms with Gasteiger partial charge in [-0.3, -0.25) is 4.79 Å². The lowest BCUT2D eigenvalue weighted by molar-refractivity contribution is 0.0755. The van der Waals surface area contributed by atoms with Crippen molar-refractivity contribution in [2.45, 2.75) is 33.6 Å². The molecule has 0 aliphatic rings. The summed E-state index contributed by atoms with van der Waals surface area (Å²) in [5.74, 6) is -0.281. The van der Waals surface area contributed by atoms with Crippen LogP contribution >= 0.6 is 0 Å². The summed E-state index contributed by atoms with van der Waals surface area (Å²) in [6, 6.07) is 6.08. The molecule has 2 aromatic rings. The molecule has 0 aliphatic heterocycles. The van der Waals surface area contributed by atoms with Crippen LogP contribution in [0.1, 0.15) is 42.7 Å². The Morgan fingerprint density at radius 2 is 1.77 bits per heavy atom. The largest absolute Gasteiger partial charge is 0.339 e. The third-order valence-electron chi connectivity index (χ3n) is 3.59. The molecule has 22 heavy (non-hydrogen) atoms. The maximum atomic E-state index is 13.0. The van der Waals surface area contributed by atoms with E-state index in [2.05, 4.69) is 18.9 Å². The van der Waals surface area contributed by atoms with Gasteiger partial charge in [0.15, 0.2) is 0 Å². The first-order valence-electron chi connectivity index (χ1n) is 7.68. The molecule has 0 N–H and O–H groups in total. The molecule has 0 radical (unpaired) electrons. The highest BCUT2D eigenvalue weighted by Gasteiger charge is 2.20. The Hall–Kier alpha value is -2.17. The highest BCUT2D eigenvalue weighted by atomic mass is 19.1. The van der Waals surface area contributed by atoms with Crippen LogP contribution in [-0.2, 0) is 0 Å². The normalized spacial score (nSPS) is 10.7. The van der Waals surface area contributed by atoms with Gasteiger partial charge in [-0.2, -0.15) is 5.10 Å². The SMILES string of the molecule is CCCN(CCC)C(=O)c1cnn(-c2ccc(F)cc2)c1C. The lowest BCUT2D eigenvalue weighted by atomic mass is 10.2. The zero-order valence-corrected chi connectivity index (χ0v) is 13.3. The highest BCUT2D eigenvalue weighted by molar-refractivity contribution is 5.95. The van der Waals surface area contributed by atoms with Gasteiger partial charge in [-0.25, -0.2) is 9.07 Å². The van der Waals surface area contributed by atoms with Gasteiger partial charge in [-0.05, 0) is 44.0 Å². The zero-order chi connectivity index (χ0) is 16.1. The average Bonchev–Trinajstić information content (AvgIpc) is 2.89. The minimum atomic E-state index is -0.290. The summed E-state index contributed by atoms with van der Waals surface area (Å²) in [6.07, 6.45) is 3.45. The quantitative estimate of drug-likeness (QED) is 0.818. The predicted molar refractivity (Wildman–Crippen MR) is 84.7 cm³/mol. The van der Waals surface area contributed by atoms with Crippen LogP contribution in [0.3, 0.4) is 0 Å². The Balaban J connectivity index is 2.30. The van der Waals surface area contributed by atoms with E-state index in [1.54, 1.807) is 23.0 Å². The maximum absolute atomic E-state index is 13.0. The first kappa shape index (κ1) is 16.2. The highest BCUT2D eigenvalue weighted by Crippen LogP contribution is 2.16. The number of aromatic nitrogens is 2. The second kappa shape index (κ2) is 7.20. The van der Waals surface area contributed by atoms with Crippen LogP contribution in [0.5, 0.6) is 0 Å². The molecule has 0 saturated carbocycles. The van der Waals surface area contributed by atoms with Gasteiger partial charge in [0, 0.05) is 13.1 Å². The summed E-state index contributed by atoms with van der Waals surface area (Å²) in [6.45, 7) is 7.47. The Kier molecular flexibility index (Phi) is 5.31. The second-order valence-electron chi connectivity index (χ2n) is 5.32. The van der Waals surface area contributed by atoms with Crippen LogP contribution in [0.15, 0.2) is 30.5 Å². The van der Waals surface area contributed by atoms with Gasteiger partial charge in [-0.15, -0.1) is 0 Å². The summed E-state index contributed by atoms with van der Waals surface area (Å²) in [4.78, 5) is 14.5. The van der Waals surface area contributed by atoms with Gasteiger partial charge in [-0.1, -0.05) is 13.8 Å². The minimum Gasteiger partial charge on any atom is -0.339 e. The van der Waals surface area contributed by atoms with Crippen molar-refractivity contribution < 1.29 is 9.18 Å². The monoisotopic (exact) mass is 303 g/mol. The minimum absolute atomic E-state index is 0.00885. The zero-order valence-electron chi connectivity index (χ0n) is 13.3. The fraction of sp³-hybridized carbons (Fsp3) is 0.412. The number of nitrogens with zero attached hydrogens (tertiary/aromatic N) is 3. The molecular weight excluding hydrogens is 281 g/mol. The molecule has 2 rings (SSSR count). The first-order valence-corrected chi connectivity index (χ1v) is 7.68. The number of carbonyl (C=O) groups excluding carboxylic acids is 1. The van der Waals surface area contributed by atoms with Gasteiger partial charge < -0.3 is 4.90 Å². The van der Waals surface area contributed by atoms with Crippen molar-refractivity contribution in [2.75, 3.05) is 13.1 Å². The van der Waals surface area contributed by atoms with E-state index < -0.39 is 0 Å². The molecule has 4 nitrogen and oxygen atoms in total. The van der Waals surface area contributed by atoms with Crippen molar-refractivity contribution in [2.24, 2.45) is 0 Å². The van der Waals surface area contributed by atoms with Crippen LogP contribution in [-0.4, -0.2) is 33.7 Å². The van der Waals surface area contributed by atoms with Gasteiger partial charge >= 0.3 is 0 Å². The van der Waals surface area contributed by atoms with Crippen LogP contribution in [0, 0.1) is 12.7 Å². The molecule has 1 aromatic carbocycles. The Bertz CT molecular complexity index is 628. The van der Waals surface area contributed by atoms with Crippen LogP contribution in [0.4, 0.5) is 4.39 Å². The molecule has 0 bridgehead atoms. The fourth-order valence-electron chi connectivity index (χ4n) is 2.49. The van der Waals surface area contributed by atoms with Crippen molar-refractivity contribution in [3.05, 3.63) is 47.5 Å². The van der Waals surface area contributed by atoms with E-state index in [1.165, 1.54) is 12.1 Å². The van der Waals surface area contributed by atoms with E-state index in [1.807, 2.05) is 11.8 Å². The smallest absolute Gasteiger partial charge is 0.257 e. The van der Waals surface area contributed by atoms with Gasteiger partial charge in [0.25, 0.3) is 5.91 Å². The van der Waals surface area contributed by atoms with Crippen LogP contribution in [0.2, 0.25) is 0 Å². The molecule has 0 atom stereocenters. The molecule has 0 fully saturated rings. The summed E-state index contributed by atoms with van der Waals surface area (Å²) >= 11 is 0. The summed E-state index contributed by atoms with van der Waals surface area (Å²) in [5.41, 5.74) is 2.12. The van der Waals surface area contributed by atoms with E-state index in [4.69, 9.17) is 0 Å². The number of benzene rings is 1. The number of hydrogen-bond donors (Lipinski definition) is 0. The van der Waals surface area contributed by atoms with Crippen molar-refractivity contribution in [3.8, 4) is 5.69 Å². The number of hydrogen-bond acceptors (Lipinski definition) is 2. The first-order chi connectivity index (χ1) is 10.6. The molecule has 1 aromatic heterocycles. The molecule has 118 valence electrons. The Labute approximate surface area is 130 Å². The Morgan fingerprint density at radius 3 is 2.32 bits per heavy atom. The molecular formula is C17H22FN3O. The van der Waals surface area contributed by atoms with E-state index in [-0.39, 0.29) is 11.7 Å². The van der Waals surface area contributed by atoms with Gasteiger partial charge in [0.2, 0.25) is 0 Å². The number of halogens is 1. The van der Waals surface area contributed by atoms with Crippen molar-refractivity contribution in [1.82, 2.24) is 14.7 Å². The maximum Gasteiger partial charge on any atom is 0.257 e. The molecule has 1 amide bonds. The lowest BCUT2D eigenvalue weighted by Crippen LogP contribution is -2.32. The van der Waals surface area contributed by atoms with E-state index in [9.17, 15) is 9.18 Å². The third kappa shape index (κ3) is 3.35. The van der Waals surface area contributed by atoms with E-state index in [0.29, 0.717) is 5.56 Å². The second-order valence-corrected chi connectivity index (χ2v) is 5.32. The van der Waals surface area contributed by atoms with Gasteiger partial charge in [0.1, 0.15) is 5.82 Å². The molecule has 0 aliphatic carbocycles. The number of rotatable bonds is 6. The average molecular weight is 303 g/mol. The summed E-state index contributed by atoms with van der Waals surface area (Å²) in [7, 11) is 0. The van der Waals surface area contributed by atoms with E-state index >= 15 is 0 Å². The van der Waals surface area contributed by atoms with Crippen molar-refractivity contribution in [1.29, 1.82) is 0 Å². The standard InChI is InChI=1S/C17H22FN3O/c1-4-10-20(11-5-2)17(22)16-12-19-21(13(16)3)15-8-6-14(18)7-9-15/h6-9,12H,4-5,10-11H2,1-3H3. The van der Waals surface area contributed by atoms with Gasteiger partial charge in [0.05, 0.1) is 23.1 Å². The molecule has 5 heteroatoms. The molecule has 0 spiro atoms. The summed E-state index contributed by atoms with van der Waals surface area (Å²) < 4.78 is 14.7.